The lowest BCUT2D eigenvalue weighted by Gasteiger charge is -2.30. The second-order valence-corrected chi connectivity index (χ2v) is 13.6. The van der Waals surface area contributed by atoms with E-state index in [1.807, 2.05) is 13.0 Å². The Hall–Kier alpha value is -3.89. The fraction of sp³-hybridized carbons (Fsp3) is 0.588. The third-order valence-corrected chi connectivity index (χ3v) is 8.69. The van der Waals surface area contributed by atoms with Gasteiger partial charge >= 0.3 is 12.2 Å². The van der Waals surface area contributed by atoms with E-state index in [9.17, 15) is 23.6 Å². The molecule has 0 radical (unpaired) electrons. The Balaban J connectivity index is 1.50. The SMILES string of the molecule is C=CCCCCC[C@H](NC(=O)OC(C)(C)C)C(=O)N1C[C@H](OC(=O)N2Cc3cccc(F)c3C2)C[C@H]1C(=O)N[C@]1(C)C[C@H]1C=C. The minimum absolute atomic E-state index is 0.0254. The van der Waals surface area contributed by atoms with Crippen LogP contribution in [0.3, 0.4) is 0 Å². The van der Waals surface area contributed by atoms with Crippen molar-refractivity contribution in [3.8, 4) is 0 Å². The second-order valence-electron chi connectivity index (χ2n) is 13.6. The number of hydrogen-bond acceptors (Lipinski definition) is 6. The number of carbonyl (C=O) groups excluding carboxylic acids is 4. The molecular formula is C34H47FN4O6. The maximum Gasteiger partial charge on any atom is 0.410 e. The Bertz CT molecular complexity index is 1310. The molecule has 2 N–H and O–H groups in total. The molecule has 1 aromatic carbocycles. The summed E-state index contributed by atoms with van der Waals surface area (Å²) in [5.41, 5.74) is -0.0663. The predicted molar refractivity (Wildman–Crippen MR) is 167 cm³/mol. The molecule has 10 nitrogen and oxygen atoms in total. The smallest absolute Gasteiger partial charge is 0.410 e. The summed E-state index contributed by atoms with van der Waals surface area (Å²) >= 11 is 0. The maximum atomic E-state index is 14.3. The van der Waals surface area contributed by atoms with Crippen LogP contribution in [0.1, 0.15) is 83.8 Å². The van der Waals surface area contributed by atoms with Crippen molar-refractivity contribution < 1.29 is 33.0 Å². The highest BCUT2D eigenvalue weighted by Gasteiger charge is 2.52. The molecular weight excluding hydrogens is 579 g/mol. The summed E-state index contributed by atoms with van der Waals surface area (Å²) in [5.74, 6) is -1.06. The summed E-state index contributed by atoms with van der Waals surface area (Å²) in [4.78, 5) is 56.5. The monoisotopic (exact) mass is 626 g/mol. The summed E-state index contributed by atoms with van der Waals surface area (Å²) in [6, 6.07) is 2.87. The van der Waals surface area contributed by atoms with Crippen LogP contribution in [0.4, 0.5) is 14.0 Å². The quantitative estimate of drug-likeness (QED) is 0.238. The van der Waals surface area contributed by atoms with E-state index in [4.69, 9.17) is 9.47 Å². The lowest BCUT2D eigenvalue weighted by Crippen LogP contribution is -2.55. The van der Waals surface area contributed by atoms with Crippen molar-refractivity contribution in [2.45, 2.75) is 115 Å². The average Bonchev–Trinajstić information content (AvgIpc) is 3.27. The molecule has 1 aromatic rings. The number of nitrogens with one attached hydrogen (secondary N) is 2. The van der Waals surface area contributed by atoms with Gasteiger partial charge in [-0.15, -0.1) is 13.2 Å². The van der Waals surface area contributed by atoms with Gasteiger partial charge in [-0.2, -0.15) is 0 Å². The third kappa shape index (κ3) is 8.64. The largest absolute Gasteiger partial charge is 0.444 e. The Morgan fingerprint density at radius 3 is 2.56 bits per heavy atom. The van der Waals surface area contributed by atoms with Crippen molar-refractivity contribution in [3.05, 3.63) is 60.5 Å². The lowest BCUT2D eigenvalue weighted by atomic mass is 10.0. The molecule has 1 saturated carbocycles. The Morgan fingerprint density at radius 2 is 1.91 bits per heavy atom. The highest BCUT2D eigenvalue weighted by molar-refractivity contribution is 5.92. The normalized spacial score (nSPS) is 24.3. The lowest BCUT2D eigenvalue weighted by molar-refractivity contribution is -0.140. The van der Waals surface area contributed by atoms with Crippen LogP contribution in [0.25, 0.3) is 0 Å². The molecule has 11 heteroatoms. The molecule has 0 bridgehead atoms. The topological polar surface area (TPSA) is 117 Å². The van der Waals surface area contributed by atoms with Gasteiger partial charge in [0.15, 0.2) is 0 Å². The summed E-state index contributed by atoms with van der Waals surface area (Å²) in [6.07, 6.45) is 5.90. The summed E-state index contributed by atoms with van der Waals surface area (Å²) in [5, 5.41) is 5.79. The number of benzene rings is 1. The summed E-state index contributed by atoms with van der Waals surface area (Å²) in [6.45, 7) is 15.0. The molecule has 1 saturated heterocycles. The summed E-state index contributed by atoms with van der Waals surface area (Å²) < 4.78 is 25.6. The van der Waals surface area contributed by atoms with E-state index < -0.39 is 47.4 Å². The minimum atomic E-state index is -0.943. The van der Waals surface area contributed by atoms with Crippen molar-refractivity contribution in [1.82, 2.24) is 20.4 Å². The second kappa shape index (κ2) is 14.0. The van der Waals surface area contributed by atoms with E-state index in [2.05, 4.69) is 23.8 Å². The van der Waals surface area contributed by atoms with Crippen molar-refractivity contribution in [3.63, 3.8) is 0 Å². The van der Waals surface area contributed by atoms with Crippen molar-refractivity contribution in [2.24, 2.45) is 5.92 Å². The number of ether oxygens (including phenoxy) is 2. The van der Waals surface area contributed by atoms with E-state index in [0.717, 1.165) is 25.7 Å². The van der Waals surface area contributed by atoms with Crippen LogP contribution in [0, 0.1) is 11.7 Å². The van der Waals surface area contributed by atoms with E-state index in [0.29, 0.717) is 24.0 Å². The zero-order chi connectivity index (χ0) is 32.9. The number of likely N-dealkylation sites (tertiary alicyclic amines) is 1. The molecule has 3 aliphatic rings. The number of halogens is 1. The third-order valence-electron chi connectivity index (χ3n) is 8.69. The van der Waals surface area contributed by atoms with Gasteiger partial charge in [0.05, 0.1) is 13.1 Å². The van der Waals surface area contributed by atoms with Gasteiger partial charge < -0.3 is 25.0 Å². The molecule has 4 amide bonds. The van der Waals surface area contributed by atoms with E-state index >= 15 is 0 Å². The van der Waals surface area contributed by atoms with Gasteiger partial charge in [0.25, 0.3) is 0 Å². The van der Waals surface area contributed by atoms with Gasteiger partial charge in [0.2, 0.25) is 11.8 Å². The van der Waals surface area contributed by atoms with Gasteiger partial charge in [0.1, 0.15) is 29.6 Å². The van der Waals surface area contributed by atoms with Gasteiger partial charge in [-0.05, 0) is 65.0 Å². The van der Waals surface area contributed by atoms with Gasteiger partial charge in [-0.1, -0.05) is 37.1 Å². The Labute approximate surface area is 265 Å². The standard InChI is InChI=1S/C34H47FN4O6/c1-7-9-10-11-12-16-27(36-31(42)45-33(3,4)5)30(41)39-20-24(17-28(39)29(40)37-34(6)18-23(34)8-2)44-32(43)38-19-22-14-13-15-26(35)25(22)21-38/h7-8,13-15,23-24,27-28H,1-2,9-12,16-21H2,3-6H3,(H,36,42)(H,37,40)/t23-,24-,27+,28+,34-/m1/s1. The minimum Gasteiger partial charge on any atom is -0.444 e. The first-order valence-electron chi connectivity index (χ1n) is 15.8. The molecule has 1 aliphatic carbocycles. The number of rotatable bonds is 12. The fourth-order valence-electron chi connectivity index (χ4n) is 6.07. The number of alkyl carbamates (subject to hydrolysis) is 1. The number of fused-ring (bicyclic) bond motifs is 1. The Kier molecular flexibility index (Phi) is 10.6. The number of nitrogens with zero attached hydrogens (tertiary/aromatic N) is 2. The van der Waals surface area contributed by atoms with Crippen LogP contribution in [-0.4, -0.2) is 69.7 Å². The zero-order valence-electron chi connectivity index (χ0n) is 26.9. The molecule has 2 heterocycles. The predicted octanol–water partition coefficient (Wildman–Crippen LogP) is 5.36. The molecule has 0 unspecified atom stereocenters. The van der Waals surface area contributed by atoms with Crippen molar-refractivity contribution in [2.75, 3.05) is 6.54 Å². The van der Waals surface area contributed by atoms with Crippen LogP contribution in [0.15, 0.2) is 43.5 Å². The molecule has 246 valence electrons. The van der Waals surface area contributed by atoms with Crippen molar-refractivity contribution >= 4 is 24.0 Å². The number of carbonyl (C=O) groups is 4. The van der Waals surface area contributed by atoms with Gasteiger partial charge in [-0.25, -0.2) is 14.0 Å². The first-order chi connectivity index (χ1) is 21.2. The van der Waals surface area contributed by atoms with E-state index in [-0.39, 0.29) is 43.7 Å². The number of hydrogen-bond donors (Lipinski definition) is 2. The van der Waals surface area contributed by atoms with E-state index in [1.165, 1.54) is 15.9 Å². The molecule has 45 heavy (non-hydrogen) atoms. The first-order valence-corrected chi connectivity index (χ1v) is 15.8. The van der Waals surface area contributed by atoms with Crippen LogP contribution >= 0.6 is 0 Å². The number of amides is 4. The number of unbranched alkanes of at least 4 members (excludes halogenated alkanes) is 3. The maximum absolute atomic E-state index is 14.3. The summed E-state index contributed by atoms with van der Waals surface area (Å²) in [7, 11) is 0. The Morgan fingerprint density at radius 1 is 1.16 bits per heavy atom. The molecule has 0 aromatic heterocycles. The molecule has 5 atom stereocenters. The van der Waals surface area contributed by atoms with Crippen LogP contribution in [-0.2, 0) is 32.2 Å². The van der Waals surface area contributed by atoms with E-state index in [1.54, 1.807) is 39.0 Å². The van der Waals surface area contributed by atoms with Crippen LogP contribution < -0.4 is 10.6 Å². The van der Waals surface area contributed by atoms with Crippen molar-refractivity contribution in [1.29, 1.82) is 0 Å². The fourth-order valence-corrected chi connectivity index (χ4v) is 6.07. The van der Waals surface area contributed by atoms with Crippen LogP contribution in [0.2, 0.25) is 0 Å². The molecule has 4 rings (SSSR count). The highest BCUT2D eigenvalue weighted by atomic mass is 19.1. The molecule has 2 aliphatic heterocycles. The van der Waals surface area contributed by atoms with Gasteiger partial charge in [-0.3, -0.25) is 14.5 Å². The first kappa shape index (κ1) is 34.0. The number of allylic oxidation sites excluding steroid dienone is 1. The van der Waals surface area contributed by atoms with Gasteiger partial charge in [0, 0.05) is 30.0 Å². The average molecular weight is 627 g/mol. The molecule has 2 fully saturated rings. The molecule has 0 spiro atoms. The zero-order valence-corrected chi connectivity index (χ0v) is 26.9. The highest BCUT2D eigenvalue weighted by Crippen LogP contribution is 2.44. The van der Waals surface area contributed by atoms with Crippen LogP contribution in [0.5, 0.6) is 0 Å².